The molecular weight excluding hydrogens is 416 g/mol. The minimum absolute atomic E-state index is 0.245. The highest BCUT2D eigenvalue weighted by Crippen LogP contribution is 2.37. The summed E-state index contributed by atoms with van der Waals surface area (Å²) in [5, 5.41) is 12.7. The van der Waals surface area contributed by atoms with Crippen molar-refractivity contribution in [2.75, 3.05) is 17.7 Å². The van der Waals surface area contributed by atoms with Crippen LogP contribution in [0.3, 0.4) is 0 Å². The number of esters is 1. The Morgan fingerprint density at radius 1 is 1.29 bits per heavy atom. The lowest BCUT2D eigenvalue weighted by Gasteiger charge is -2.11. The lowest BCUT2D eigenvalue weighted by Crippen LogP contribution is -2.23. The molecule has 1 atom stereocenters. The molecule has 7 nitrogen and oxygen atoms in total. The fraction of sp³-hybridized carbons (Fsp3) is 0.222. The highest BCUT2D eigenvalue weighted by atomic mass is 32.2. The van der Waals surface area contributed by atoms with Gasteiger partial charge >= 0.3 is 5.97 Å². The van der Waals surface area contributed by atoms with Gasteiger partial charge in [-0.3, -0.25) is 4.79 Å². The summed E-state index contributed by atoms with van der Waals surface area (Å²) in [5.41, 5.74) is 7.56. The van der Waals surface area contributed by atoms with Gasteiger partial charge in [0.25, 0.3) is 0 Å². The van der Waals surface area contributed by atoms with E-state index in [1.807, 2.05) is 35.7 Å². The number of carbonyl (C=O) groups excluding carboxylic acids is 2. The van der Waals surface area contributed by atoms with Gasteiger partial charge in [0.2, 0.25) is 11.0 Å². The van der Waals surface area contributed by atoms with Crippen LogP contribution in [0.5, 0.6) is 0 Å². The van der Waals surface area contributed by atoms with Crippen molar-refractivity contribution in [2.45, 2.75) is 23.4 Å². The van der Waals surface area contributed by atoms with E-state index >= 15 is 0 Å². The first-order valence-electron chi connectivity index (χ1n) is 8.40. The maximum absolute atomic E-state index is 12.6. The van der Waals surface area contributed by atoms with Gasteiger partial charge in [0.1, 0.15) is 10.6 Å². The lowest BCUT2D eigenvalue weighted by molar-refractivity contribution is -0.115. The van der Waals surface area contributed by atoms with Gasteiger partial charge in [0, 0.05) is 10.9 Å². The molecule has 28 heavy (non-hydrogen) atoms. The molecule has 0 fully saturated rings. The maximum atomic E-state index is 12.6. The topological polar surface area (TPSA) is 107 Å². The van der Waals surface area contributed by atoms with Gasteiger partial charge in [-0.2, -0.15) is 0 Å². The predicted octanol–water partition coefficient (Wildman–Crippen LogP) is 4.14. The quantitative estimate of drug-likeness (QED) is 0.425. The van der Waals surface area contributed by atoms with Crippen LogP contribution in [0.4, 0.5) is 10.1 Å². The van der Waals surface area contributed by atoms with Crippen LogP contribution in [-0.4, -0.2) is 33.9 Å². The molecule has 0 saturated carbocycles. The third-order valence-electron chi connectivity index (χ3n) is 3.66. The molecule has 146 valence electrons. The second-order valence-corrected chi connectivity index (χ2v) is 9.07. The van der Waals surface area contributed by atoms with E-state index in [-0.39, 0.29) is 12.5 Å². The molecule has 0 radical (unpaired) electrons. The highest BCUT2D eigenvalue weighted by Gasteiger charge is 2.25. The summed E-state index contributed by atoms with van der Waals surface area (Å²) < 4.78 is 5.82. The molecular formula is C18H18N4O3S3. The third kappa shape index (κ3) is 4.70. The van der Waals surface area contributed by atoms with Gasteiger partial charge in [-0.15, -0.1) is 21.5 Å². The molecule has 1 aromatic carbocycles. The number of nitrogens with zero attached hydrogens (tertiary/aromatic N) is 2. The number of ether oxygens (including phenoxy) is 1. The van der Waals surface area contributed by atoms with Crippen molar-refractivity contribution >= 4 is 56.4 Å². The number of hydrogen-bond acceptors (Lipinski definition) is 9. The second-order valence-electron chi connectivity index (χ2n) is 5.60. The number of aromatic nitrogens is 2. The van der Waals surface area contributed by atoms with Crippen LogP contribution in [0.25, 0.3) is 11.1 Å². The number of nitrogens with one attached hydrogen (secondary N) is 1. The number of nitrogens with two attached hydrogens (primary N) is 1. The maximum Gasteiger partial charge on any atom is 0.341 e. The largest absolute Gasteiger partial charge is 0.462 e. The van der Waals surface area contributed by atoms with E-state index in [2.05, 4.69) is 15.5 Å². The summed E-state index contributed by atoms with van der Waals surface area (Å²) in [6.45, 7) is 3.76. The number of rotatable bonds is 7. The van der Waals surface area contributed by atoms with Gasteiger partial charge in [0.05, 0.1) is 11.9 Å². The molecule has 0 aliphatic heterocycles. The fourth-order valence-electron chi connectivity index (χ4n) is 2.37. The summed E-state index contributed by atoms with van der Waals surface area (Å²) in [4.78, 5) is 25.2. The Kier molecular flexibility index (Phi) is 6.65. The predicted molar refractivity (Wildman–Crippen MR) is 114 cm³/mol. The van der Waals surface area contributed by atoms with Crippen molar-refractivity contribution in [3.8, 4) is 11.1 Å². The van der Waals surface area contributed by atoms with E-state index < -0.39 is 11.2 Å². The van der Waals surface area contributed by atoms with Gasteiger partial charge in [0.15, 0.2) is 4.34 Å². The molecule has 2 aromatic heterocycles. The summed E-state index contributed by atoms with van der Waals surface area (Å²) in [6.07, 6.45) is 0. The van der Waals surface area contributed by atoms with Crippen molar-refractivity contribution < 1.29 is 14.3 Å². The van der Waals surface area contributed by atoms with E-state index in [1.165, 1.54) is 34.4 Å². The lowest BCUT2D eigenvalue weighted by atomic mass is 10.0. The normalized spacial score (nSPS) is 11.8. The number of hydrogen-bond donors (Lipinski definition) is 2. The number of thiophene rings is 1. The standard InChI is InChI=1S/C18H18N4O3S3/c1-3-25-16(24)13-12(11-7-5-4-6-8-11)9-26-15(13)20-14(23)10(2)27-18-22-21-17(19)28-18/h4-10H,3H2,1-2H3,(H2,19,21)(H,20,23). The molecule has 0 saturated heterocycles. The number of carbonyl (C=O) groups is 2. The Morgan fingerprint density at radius 3 is 2.68 bits per heavy atom. The van der Waals surface area contributed by atoms with Crippen molar-refractivity contribution in [1.82, 2.24) is 10.2 Å². The van der Waals surface area contributed by atoms with Crippen LogP contribution in [0.2, 0.25) is 0 Å². The van der Waals surface area contributed by atoms with E-state index in [4.69, 9.17) is 10.5 Å². The first-order chi connectivity index (χ1) is 13.5. The molecule has 0 aliphatic rings. The van der Waals surface area contributed by atoms with Crippen LogP contribution in [0, 0.1) is 0 Å². The Bertz CT molecular complexity index is 972. The molecule has 1 unspecified atom stereocenters. The highest BCUT2D eigenvalue weighted by molar-refractivity contribution is 8.02. The first kappa shape index (κ1) is 20.3. The Balaban J connectivity index is 1.83. The Labute approximate surface area is 174 Å². The summed E-state index contributed by atoms with van der Waals surface area (Å²) in [6, 6.07) is 9.52. The van der Waals surface area contributed by atoms with Crippen molar-refractivity contribution in [2.24, 2.45) is 0 Å². The Morgan fingerprint density at radius 2 is 2.04 bits per heavy atom. The molecule has 3 N–H and O–H groups in total. The minimum Gasteiger partial charge on any atom is -0.462 e. The summed E-state index contributed by atoms with van der Waals surface area (Å²) >= 11 is 3.78. The molecule has 3 aromatic rings. The van der Waals surface area contributed by atoms with Gasteiger partial charge in [-0.1, -0.05) is 53.4 Å². The van der Waals surface area contributed by atoms with Crippen molar-refractivity contribution in [1.29, 1.82) is 0 Å². The van der Waals surface area contributed by atoms with Crippen molar-refractivity contribution in [3.05, 3.63) is 41.3 Å². The zero-order valence-electron chi connectivity index (χ0n) is 15.2. The van der Waals surface area contributed by atoms with Crippen LogP contribution >= 0.6 is 34.4 Å². The van der Waals surface area contributed by atoms with E-state index in [0.717, 1.165) is 11.1 Å². The fourth-order valence-corrected chi connectivity index (χ4v) is 5.11. The van der Waals surface area contributed by atoms with E-state index in [1.54, 1.807) is 13.8 Å². The zero-order valence-corrected chi connectivity index (χ0v) is 17.6. The first-order valence-corrected chi connectivity index (χ1v) is 11.0. The average molecular weight is 435 g/mol. The van der Waals surface area contributed by atoms with Gasteiger partial charge in [-0.05, 0) is 19.4 Å². The number of benzene rings is 1. The SMILES string of the molecule is CCOC(=O)c1c(-c2ccccc2)csc1NC(=O)C(C)Sc1nnc(N)s1. The molecule has 3 rings (SSSR count). The number of thioether (sulfide) groups is 1. The van der Waals surface area contributed by atoms with Gasteiger partial charge in [-0.25, -0.2) is 4.79 Å². The average Bonchev–Trinajstić information content (AvgIpc) is 3.28. The third-order valence-corrected chi connectivity index (χ3v) is 6.49. The molecule has 2 heterocycles. The number of amides is 1. The van der Waals surface area contributed by atoms with E-state index in [0.29, 0.717) is 20.0 Å². The molecule has 1 amide bonds. The minimum atomic E-state index is -0.463. The number of nitrogen functional groups attached to an aromatic ring is 1. The summed E-state index contributed by atoms with van der Waals surface area (Å²) in [7, 11) is 0. The molecule has 0 bridgehead atoms. The molecule has 10 heteroatoms. The summed E-state index contributed by atoms with van der Waals surface area (Å²) in [5.74, 6) is -0.708. The monoisotopic (exact) mass is 434 g/mol. The van der Waals surface area contributed by atoms with Crippen LogP contribution in [0.15, 0.2) is 40.1 Å². The van der Waals surface area contributed by atoms with Crippen LogP contribution < -0.4 is 11.1 Å². The molecule has 0 aliphatic carbocycles. The molecule has 0 spiro atoms. The second kappa shape index (κ2) is 9.18. The van der Waals surface area contributed by atoms with Crippen molar-refractivity contribution in [3.63, 3.8) is 0 Å². The number of anilines is 2. The van der Waals surface area contributed by atoms with Crippen LogP contribution in [0.1, 0.15) is 24.2 Å². The zero-order chi connectivity index (χ0) is 20.1. The van der Waals surface area contributed by atoms with Crippen LogP contribution in [-0.2, 0) is 9.53 Å². The van der Waals surface area contributed by atoms with E-state index in [9.17, 15) is 9.59 Å². The van der Waals surface area contributed by atoms with Gasteiger partial charge < -0.3 is 15.8 Å². The Hall–Kier alpha value is -2.43. The smallest absolute Gasteiger partial charge is 0.341 e.